The first kappa shape index (κ1) is 18.9. The Labute approximate surface area is 165 Å². The number of rotatable bonds is 6. The van der Waals surface area contributed by atoms with E-state index in [4.69, 9.17) is 0 Å². The summed E-state index contributed by atoms with van der Waals surface area (Å²) in [4.78, 5) is 8.63. The molecule has 148 valence electrons. The molecule has 1 saturated heterocycles. The summed E-state index contributed by atoms with van der Waals surface area (Å²) < 4.78 is 31.0. The van der Waals surface area contributed by atoms with E-state index in [1.54, 1.807) is 22.1 Å². The van der Waals surface area contributed by atoms with Gasteiger partial charge in [0.05, 0.1) is 6.33 Å². The van der Waals surface area contributed by atoms with Gasteiger partial charge in [-0.15, -0.1) is 0 Å². The maximum Gasteiger partial charge on any atom is 0.262 e. The van der Waals surface area contributed by atoms with Crippen molar-refractivity contribution in [3.05, 3.63) is 66.1 Å². The average Bonchev–Trinajstić information content (AvgIpc) is 3.40. The summed E-state index contributed by atoms with van der Waals surface area (Å²) in [5, 5.41) is 0.122. The predicted molar refractivity (Wildman–Crippen MR) is 106 cm³/mol. The number of sulfonamides is 1. The molecule has 1 fully saturated rings. The summed E-state index contributed by atoms with van der Waals surface area (Å²) in [5.41, 5.74) is 2.35. The molecule has 0 bridgehead atoms. The molecule has 0 N–H and O–H groups in total. The van der Waals surface area contributed by atoms with E-state index in [2.05, 4.69) is 33.6 Å². The van der Waals surface area contributed by atoms with E-state index in [1.807, 2.05) is 24.4 Å². The Balaban J connectivity index is 1.46. The van der Waals surface area contributed by atoms with Crippen molar-refractivity contribution in [2.24, 2.45) is 13.0 Å². The smallest absolute Gasteiger partial charge is 0.262 e. The number of hydrogen-bond acceptors (Lipinski definition) is 4. The fraction of sp³-hybridized carbons (Fsp3) is 0.400. The number of aryl methyl sites for hydroxylation is 2. The van der Waals surface area contributed by atoms with Crippen molar-refractivity contribution >= 4 is 10.0 Å². The Hall–Kier alpha value is -2.45. The fourth-order valence-electron chi connectivity index (χ4n) is 3.75. The highest BCUT2D eigenvalue weighted by molar-refractivity contribution is 7.89. The van der Waals surface area contributed by atoms with E-state index in [0.29, 0.717) is 13.1 Å². The molecule has 0 radical (unpaired) electrons. The zero-order valence-electron chi connectivity index (χ0n) is 16.2. The van der Waals surface area contributed by atoms with Gasteiger partial charge in [-0.05, 0) is 24.8 Å². The van der Waals surface area contributed by atoms with Crippen LogP contribution in [-0.2, 0) is 30.0 Å². The van der Waals surface area contributed by atoms with E-state index in [-0.39, 0.29) is 10.9 Å². The van der Waals surface area contributed by atoms with Crippen molar-refractivity contribution in [2.45, 2.75) is 31.3 Å². The van der Waals surface area contributed by atoms with Crippen LogP contribution in [0.5, 0.6) is 0 Å². The van der Waals surface area contributed by atoms with Crippen LogP contribution in [0.25, 0.3) is 0 Å². The van der Waals surface area contributed by atoms with E-state index < -0.39 is 10.0 Å². The van der Waals surface area contributed by atoms with Crippen LogP contribution >= 0.6 is 0 Å². The zero-order valence-corrected chi connectivity index (χ0v) is 17.0. The molecule has 3 heterocycles. The Morgan fingerprint density at radius 1 is 1.18 bits per heavy atom. The van der Waals surface area contributed by atoms with Gasteiger partial charge in [0.1, 0.15) is 5.82 Å². The second kappa shape index (κ2) is 7.52. The van der Waals surface area contributed by atoms with Gasteiger partial charge in [0.15, 0.2) is 5.03 Å². The van der Waals surface area contributed by atoms with Gasteiger partial charge in [-0.25, -0.2) is 18.4 Å². The van der Waals surface area contributed by atoms with Gasteiger partial charge in [-0.2, -0.15) is 4.31 Å². The standard InChI is InChI=1S/C20H25N5O2S/c1-16-11-21-19(25(16)13-17-6-4-3-5-7-17)10-18-8-9-24(12-18)28(26,27)20-14-23(2)15-22-20/h3-7,11,14-15,18H,8-10,12-13H2,1-2H3. The number of imidazole rings is 2. The Kier molecular flexibility index (Phi) is 5.07. The third kappa shape index (κ3) is 3.74. The van der Waals surface area contributed by atoms with Crippen LogP contribution in [0.2, 0.25) is 0 Å². The molecule has 28 heavy (non-hydrogen) atoms. The first-order valence-corrected chi connectivity index (χ1v) is 10.9. The van der Waals surface area contributed by atoms with Crippen LogP contribution in [0, 0.1) is 12.8 Å². The largest absolute Gasteiger partial charge is 0.339 e. The molecule has 0 spiro atoms. The summed E-state index contributed by atoms with van der Waals surface area (Å²) in [6.45, 7) is 3.88. The van der Waals surface area contributed by atoms with Crippen molar-refractivity contribution in [1.82, 2.24) is 23.4 Å². The molecular weight excluding hydrogens is 374 g/mol. The van der Waals surface area contributed by atoms with Gasteiger partial charge < -0.3 is 9.13 Å². The van der Waals surface area contributed by atoms with Gasteiger partial charge in [0.25, 0.3) is 10.0 Å². The van der Waals surface area contributed by atoms with Gasteiger partial charge in [-0.3, -0.25) is 0 Å². The predicted octanol–water partition coefficient (Wildman–Crippen LogP) is 2.23. The highest BCUT2D eigenvalue weighted by Gasteiger charge is 2.34. The van der Waals surface area contributed by atoms with E-state index >= 15 is 0 Å². The Bertz CT molecular complexity index is 1060. The zero-order chi connectivity index (χ0) is 19.7. The number of nitrogens with zero attached hydrogens (tertiary/aromatic N) is 5. The van der Waals surface area contributed by atoms with Crippen LogP contribution in [0.3, 0.4) is 0 Å². The summed E-state index contributed by atoms with van der Waals surface area (Å²) in [5.74, 6) is 1.28. The van der Waals surface area contributed by atoms with Gasteiger partial charge in [0, 0.05) is 51.2 Å². The topological polar surface area (TPSA) is 73.0 Å². The molecule has 1 unspecified atom stereocenters. The number of hydrogen-bond donors (Lipinski definition) is 0. The third-order valence-corrected chi connectivity index (χ3v) is 7.08. The molecule has 1 aromatic carbocycles. The molecular formula is C20H25N5O2S. The molecule has 0 aliphatic carbocycles. The normalized spacial score (nSPS) is 18.0. The fourth-order valence-corrected chi connectivity index (χ4v) is 5.25. The quantitative estimate of drug-likeness (QED) is 0.637. The van der Waals surface area contributed by atoms with Gasteiger partial charge >= 0.3 is 0 Å². The highest BCUT2D eigenvalue weighted by Crippen LogP contribution is 2.26. The summed E-state index contributed by atoms with van der Waals surface area (Å²) in [6.07, 6.45) is 6.58. The lowest BCUT2D eigenvalue weighted by atomic mass is 10.0. The van der Waals surface area contributed by atoms with Crippen molar-refractivity contribution in [3.8, 4) is 0 Å². The molecule has 1 aliphatic rings. The van der Waals surface area contributed by atoms with Crippen molar-refractivity contribution < 1.29 is 8.42 Å². The maximum atomic E-state index is 12.8. The monoisotopic (exact) mass is 399 g/mol. The lowest BCUT2D eigenvalue weighted by Crippen LogP contribution is -2.29. The minimum Gasteiger partial charge on any atom is -0.339 e. The minimum absolute atomic E-state index is 0.122. The van der Waals surface area contributed by atoms with Gasteiger partial charge in [0.2, 0.25) is 0 Å². The van der Waals surface area contributed by atoms with Crippen LogP contribution in [0.15, 0.2) is 54.1 Å². The average molecular weight is 400 g/mol. The molecule has 4 rings (SSSR count). The third-order valence-electron chi connectivity index (χ3n) is 5.33. The summed E-state index contributed by atoms with van der Waals surface area (Å²) in [7, 11) is -1.75. The number of aromatic nitrogens is 4. The lowest BCUT2D eigenvalue weighted by Gasteiger charge is -2.16. The molecule has 0 saturated carbocycles. The molecule has 8 heteroatoms. The van der Waals surface area contributed by atoms with Crippen LogP contribution in [-0.4, -0.2) is 44.9 Å². The molecule has 1 atom stereocenters. The summed E-state index contributed by atoms with van der Waals surface area (Å²) >= 11 is 0. The molecule has 3 aromatic rings. The van der Waals surface area contributed by atoms with E-state index in [9.17, 15) is 8.42 Å². The first-order chi connectivity index (χ1) is 13.4. The maximum absolute atomic E-state index is 12.8. The van der Waals surface area contributed by atoms with Crippen molar-refractivity contribution in [2.75, 3.05) is 13.1 Å². The minimum atomic E-state index is -3.52. The van der Waals surface area contributed by atoms with Crippen LogP contribution in [0.1, 0.15) is 23.5 Å². The molecule has 7 nitrogen and oxygen atoms in total. The second-order valence-electron chi connectivity index (χ2n) is 7.49. The van der Waals surface area contributed by atoms with Crippen molar-refractivity contribution in [1.29, 1.82) is 0 Å². The van der Waals surface area contributed by atoms with Crippen LogP contribution < -0.4 is 0 Å². The Morgan fingerprint density at radius 3 is 2.68 bits per heavy atom. The number of benzene rings is 1. The Morgan fingerprint density at radius 2 is 1.96 bits per heavy atom. The van der Waals surface area contributed by atoms with Crippen molar-refractivity contribution in [3.63, 3.8) is 0 Å². The lowest BCUT2D eigenvalue weighted by molar-refractivity contribution is 0.448. The summed E-state index contributed by atoms with van der Waals surface area (Å²) in [6, 6.07) is 10.3. The van der Waals surface area contributed by atoms with E-state index in [1.165, 1.54) is 11.9 Å². The molecule has 2 aromatic heterocycles. The van der Waals surface area contributed by atoms with Gasteiger partial charge in [-0.1, -0.05) is 30.3 Å². The first-order valence-electron chi connectivity index (χ1n) is 9.46. The molecule has 0 amide bonds. The van der Waals surface area contributed by atoms with Crippen LogP contribution in [0.4, 0.5) is 0 Å². The van der Waals surface area contributed by atoms with E-state index in [0.717, 1.165) is 30.9 Å². The SMILES string of the molecule is Cc1cnc(CC2CCN(S(=O)(=O)c3cn(C)cn3)C2)n1Cc1ccccc1. The molecule has 1 aliphatic heterocycles. The second-order valence-corrected chi connectivity index (χ2v) is 9.37. The highest BCUT2D eigenvalue weighted by atomic mass is 32.2.